The zero-order valence-corrected chi connectivity index (χ0v) is 13.2. The smallest absolute Gasteiger partial charge is 0.408 e. The van der Waals surface area contributed by atoms with Crippen LogP contribution >= 0.6 is 0 Å². The van der Waals surface area contributed by atoms with Crippen molar-refractivity contribution in [1.82, 2.24) is 5.32 Å². The van der Waals surface area contributed by atoms with E-state index < -0.39 is 29.6 Å². The molecule has 0 aliphatic rings. The van der Waals surface area contributed by atoms with Crippen molar-refractivity contribution in [3.63, 3.8) is 0 Å². The number of esters is 1. The molecule has 7 nitrogen and oxygen atoms in total. The van der Waals surface area contributed by atoms with Gasteiger partial charge in [-0.25, -0.2) is 9.59 Å². The molecule has 1 atom stereocenters. The average Bonchev–Trinajstić information content (AvgIpc) is 2.32. The second-order valence-corrected chi connectivity index (χ2v) is 5.72. The van der Waals surface area contributed by atoms with Crippen LogP contribution in [0.1, 0.15) is 53.4 Å². The van der Waals surface area contributed by atoms with Crippen LogP contribution in [0.5, 0.6) is 0 Å². The maximum Gasteiger partial charge on any atom is 0.408 e. The molecule has 0 aromatic heterocycles. The van der Waals surface area contributed by atoms with Gasteiger partial charge < -0.3 is 20.5 Å². The molecule has 0 unspecified atom stereocenters. The highest BCUT2D eigenvalue weighted by molar-refractivity contribution is 5.82. The van der Waals surface area contributed by atoms with Gasteiger partial charge in [0, 0.05) is 6.42 Å². The van der Waals surface area contributed by atoms with Gasteiger partial charge in [-0.2, -0.15) is 0 Å². The Hall–Kier alpha value is -1.79. The van der Waals surface area contributed by atoms with Gasteiger partial charge in [0.05, 0.1) is 6.61 Å². The number of primary amides is 1. The minimum Gasteiger partial charge on any atom is -0.464 e. The Balaban J connectivity index is 4.53. The van der Waals surface area contributed by atoms with Gasteiger partial charge in [0.1, 0.15) is 11.6 Å². The fourth-order valence-electron chi connectivity index (χ4n) is 1.40. The SMILES string of the molecule is CCCCOC(=O)[C@@H](CCC(N)=O)NC(=O)OC(C)(C)C. The quantitative estimate of drug-likeness (QED) is 0.521. The molecule has 0 heterocycles. The molecule has 0 rings (SSSR count). The van der Waals surface area contributed by atoms with Crippen LogP contribution in [0.4, 0.5) is 4.79 Å². The molecule has 0 radical (unpaired) electrons. The Morgan fingerprint density at radius 1 is 1.24 bits per heavy atom. The standard InChI is InChI=1S/C14H26N2O5/c1-5-6-9-20-12(18)10(7-8-11(15)17)16-13(19)21-14(2,3)4/h10H,5-9H2,1-4H3,(H2,15,17)(H,16,19)/t10-/m1/s1. The van der Waals surface area contributed by atoms with Crippen LogP contribution in [0.2, 0.25) is 0 Å². The summed E-state index contributed by atoms with van der Waals surface area (Å²) < 4.78 is 10.1. The van der Waals surface area contributed by atoms with Gasteiger partial charge in [-0.15, -0.1) is 0 Å². The van der Waals surface area contributed by atoms with E-state index in [0.29, 0.717) is 0 Å². The highest BCUT2D eigenvalue weighted by Crippen LogP contribution is 2.08. The lowest BCUT2D eigenvalue weighted by atomic mass is 10.1. The van der Waals surface area contributed by atoms with Crippen molar-refractivity contribution < 1.29 is 23.9 Å². The zero-order valence-electron chi connectivity index (χ0n) is 13.2. The number of unbranched alkanes of at least 4 members (excludes halogenated alkanes) is 1. The van der Waals surface area contributed by atoms with Crippen molar-refractivity contribution in [2.45, 2.75) is 65.0 Å². The summed E-state index contributed by atoms with van der Waals surface area (Å²) in [5.41, 5.74) is 4.38. The van der Waals surface area contributed by atoms with Gasteiger partial charge in [-0.05, 0) is 33.6 Å². The van der Waals surface area contributed by atoms with E-state index in [1.54, 1.807) is 20.8 Å². The first-order chi connectivity index (χ1) is 9.65. The van der Waals surface area contributed by atoms with Crippen LogP contribution in [0.15, 0.2) is 0 Å². The highest BCUT2D eigenvalue weighted by atomic mass is 16.6. The van der Waals surface area contributed by atoms with Crippen LogP contribution in [0.3, 0.4) is 0 Å². The Morgan fingerprint density at radius 3 is 2.33 bits per heavy atom. The van der Waals surface area contributed by atoms with Crippen LogP contribution in [0, 0.1) is 0 Å². The molecular weight excluding hydrogens is 276 g/mol. The number of alkyl carbamates (subject to hydrolysis) is 1. The fourth-order valence-corrected chi connectivity index (χ4v) is 1.40. The normalized spacial score (nSPS) is 12.4. The summed E-state index contributed by atoms with van der Waals surface area (Å²) >= 11 is 0. The number of amides is 2. The van der Waals surface area contributed by atoms with E-state index in [4.69, 9.17) is 15.2 Å². The summed E-state index contributed by atoms with van der Waals surface area (Å²) in [6.07, 6.45) is 0.951. The van der Waals surface area contributed by atoms with Crippen molar-refractivity contribution in [2.75, 3.05) is 6.61 Å². The first-order valence-electron chi connectivity index (χ1n) is 7.10. The van der Waals surface area contributed by atoms with Crippen LogP contribution in [-0.4, -0.2) is 36.2 Å². The van der Waals surface area contributed by atoms with Gasteiger partial charge in [-0.1, -0.05) is 13.3 Å². The van der Waals surface area contributed by atoms with Gasteiger partial charge in [0.15, 0.2) is 0 Å². The molecule has 21 heavy (non-hydrogen) atoms. The minimum atomic E-state index is -0.941. The number of nitrogens with one attached hydrogen (secondary N) is 1. The number of hydrogen-bond donors (Lipinski definition) is 2. The first kappa shape index (κ1) is 19.2. The second-order valence-electron chi connectivity index (χ2n) is 5.72. The molecule has 0 spiro atoms. The second kappa shape index (κ2) is 9.20. The van der Waals surface area contributed by atoms with Gasteiger partial charge in [-0.3, -0.25) is 4.79 Å². The molecule has 0 saturated carbocycles. The number of nitrogens with two attached hydrogens (primary N) is 1. The summed E-state index contributed by atoms with van der Waals surface area (Å²) in [7, 11) is 0. The summed E-state index contributed by atoms with van der Waals surface area (Å²) in [5.74, 6) is -1.14. The number of rotatable bonds is 8. The van der Waals surface area contributed by atoms with Crippen LogP contribution in [-0.2, 0) is 19.1 Å². The lowest BCUT2D eigenvalue weighted by Crippen LogP contribution is -2.44. The third-order valence-electron chi connectivity index (χ3n) is 2.40. The highest BCUT2D eigenvalue weighted by Gasteiger charge is 2.25. The molecular formula is C14H26N2O5. The number of hydrogen-bond acceptors (Lipinski definition) is 5. The Kier molecular flexibility index (Phi) is 8.42. The van der Waals surface area contributed by atoms with Crippen molar-refractivity contribution in [2.24, 2.45) is 5.73 Å². The van der Waals surface area contributed by atoms with Crippen LogP contribution < -0.4 is 11.1 Å². The van der Waals surface area contributed by atoms with E-state index in [1.165, 1.54) is 0 Å². The van der Waals surface area contributed by atoms with Crippen molar-refractivity contribution in [3.8, 4) is 0 Å². The topological polar surface area (TPSA) is 108 Å². The number of carbonyl (C=O) groups is 3. The molecule has 0 bridgehead atoms. The maximum atomic E-state index is 11.9. The first-order valence-corrected chi connectivity index (χ1v) is 7.10. The predicted octanol–water partition coefficient (Wildman–Crippen LogP) is 1.49. The van der Waals surface area contributed by atoms with Gasteiger partial charge in [0.25, 0.3) is 0 Å². The molecule has 0 aliphatic carbocycles. The van der Waals surface area contributed by atoms with Crippen molar-refractivity contribution >= 4 is 18.0 Å². The van der Waals surface area contributed by atoms with E-state index >= 15 is 0 Å². The fraction of sp³-hybridized carbons (Fsp3) is 0.786. The molecule has 0 saturated heterocycles. The maximum absolute atomic E-state index is 11.9. The summed E-state index contributed by atoms with van der Waals surface area (Å²) in [4.78, 5) is 34.4. The molecule has 7 heteroatoms. The summed E-state index contributed by atoms with van der Waals surface area (Å²) in [6, 6.07) is -0.941. The third-order valence-corrected chi connectivity index (χ3v) is 2.40. The zero-order chi connectivity index (χ0) is 16.5. The third kappa shape index (κ3) is 10.6. The Morgan fingerprint density at radius 2 is 1.86 bits per heavy atom. The van der Waals surface area contributed by atoms with E-state index in [2.05, 4.69) is 5.32 Å². The predicted molar refractivity (Wildman–Crippen MR) is 77.5 cm³/mol. The van der Waals surface area contributed by atoms with Gasteiger partial charge in [0.2, 0.25) is 5.91 Å². The molecule has 0 aromatic rings. The molecule has 0 aromatic carbocycles. The number of carbonyl (C=O) groups excluding carboxylic acids is 3. The Bertz CT molecular complexity index is 363. The van der Waals surface area contributed by atoms with E-state index in [-0.39, 0.29) is 19.4 Å². The molecule has 3 N–H and O–H groups in total. The molecule has 2 amide bonds. The minimum absolute atomic E-state index is 0.0245. The van der Waals surface area contributed by atoms with E-state index in [1.807, 2.05) is 6.92 Å². The molecule has 0 fully saturated rings. The molecule has 122 valence electrons. The average molecular weight is 302 g/mol. The summed E-state index contributed by atoms with van der Waals surface area (Å²) in [5, 5.41) is 2.41. The van der Waals surface area contributed by atoms with Crippen molar-refractivity contribution in [1.29, 1.82) is 0 Å². The van der Waals surface area contributed by atoms with Crippen molar-refractivity contribution in [3.05, 3.63) is 0 Å². The lowest BCUT2D eigenvalue weighted by Gasteiger charge is -2.22. The lowest BCUT2D eigenvalue weighted by molar-refractivity contribution is -0.146. The monoisotopic (exact) mass is 302 g/mol. The largest absolute Gasteiger partial charge is 0.464 e. The number of ether oxygens (including phenoxy) is 2. The Labute approximate surface area is 125 Å². The van der Waals surface area contributed by atoms with E-state index in [0.717, 1.165) is 12.8 Å². The van der Waals surface area contributed by atoms with Gasteiger partial charge >= 0.3 is 12.1 Å². The van der Waals surface area contributed by atoms with Crippen LogP contribution in [0.25, 0.3) is 0 Å². The summed E-state index contributed by atoms with van der Waals surface area (Å²) in [6.45, 7) is 7.38. The molecule has 0 aliphatic heterocycles. The van der Waals surface area contributed by atoms with E-state index in [9.17, 15) is 14.4 Å².